The number of likely N-dealkylation sites (tertiary alicyclic amines) is 1. The van der Waals surface area contributed by atoms with Gasteiger partial charge in [-0.05, 0) is 49.8 Å². The molecule has 1 aliphatic heterocycles. The van der Waals surface area contributed by atoms with Crippen LogP contribution in [0.1, 0.15) is 49.7 Å². The second-order valence-corrected chi connectivity index (χ2v) is 8.10. The van der Waals surface area contributed by atoms with Crippen LogP contribution in [-0.4, -0.2) is 35.7 Å². The van der Waals surface area contributed by atoms with Crippen molar-refractivity contribution in [3.8, 4) is 0 Å². The van der Waals surface area contributed by atoms with Gasteiger partial charge in [0.05, 0.1) is 22.6 Å². The lowest BCUT2D eigenvalue weighted by Crippen LogP contribution is -2.49. The van der Waals surface area contributed by atoms with Crippen molar-refractivity contribution in [1.29, 1.82) is 0 Å². The van der Waals surface area contributed by atoms with Gasteiger partial charge in [-0.1, -0.05) is 0 Å². The number of hydrazine groups is 1. The molecule has 7 nitrogen and oxygen atoms in total. The van der Waals surface area contributed by atoms with Gasteiger partial charge in [0.25, 0.3) is 11.8 Å². The molecule has 0 bridgehead atoms. The van der Waals surface area contributed by atoms with E-state index in [9.17, 15) is 14.4 Å². The van der Waals surface area contributed by atoms with Crippen LogP contribution in [0.5, 0.6) is 0 Å². The predicted molar refractivity (Wildman–Crippen MR) is 99.3 cm³/mol. The van der Waals surface area contributed by atoms with Crippen molar-refractivity contribution in [1.82, 2.24) is 15.8 Å². The molecule has 0 radical (unpaired) electrons. The Morgan fingerprint density at radius 1 is 1.19 bits per heavy atom. The number of carbonyl (C=O) groups excluding carboxylic acids is 3. The van der Waals surface area contributed by atoms with Crippen LogP contribution in [0.15, 0.2) is 29.1 Å². The molecule has 2 aromatic rings. The topological polar surface area (TPSA) is 91.7 Å². The molecule has 0 saturated carbocycles. The lowest BCUT2D eigenvalue weighted by molar-refractivity contribution is -0.127. The minimum atomic E-state index is -0.344. The quantitative estimate of drug-likeness (QED) is 0.790. The van der Waals surface area contributed by atoms with E-state index in [1.807, 2.05) is 6.07 Å². The first-order valence-electron chi connectivity index (χ1n) is 9.15. The number of fused-ring (bicyclic) bond motifs is 1. The van der Waals surface area contributed by atoms with Crippen molar-refractivity contribution in [3.05, 3.63) is 45.5 Å². The van der Waals surface area contributed by atoms with E-state index in [-0.39, 0.29) is 23.6 Å². The zero-order valence-corrected chi connectivity index (χ0v) is 15.6. The van der Waals surface area contributed by atoms with Gasteiger partial charge in [0.1, 0.15) is 6.26 Å². The molecule has 4 rings (SSSR count). The Hall–Kier alpha value is -2.61. The summed E-state index contributed by atoms with van der Waals surface area (Å²) in [7, 11) is 0. The number of hydrogen-bond donors (Lipinski definition) is 2. The summed E-state index contributed by atoms with van der Waals surface area (Å²) in [6.07, 6.45) is 7.49. The summed E-state index contributed by atoms with van der Waals surface area (Å²) in [4.78, 5) is 40.7. The van der Waals surface area contributed by atoms with Crippen LogP contribution in [0.2, 0.25) is 0 Å². The minimum absolute atomic E-state index is 0.140. The number of furan rings is 1. The van der Waals surface area contributed by atoms with Crippen LogP contribution in [-0.2, 0) is 17.6 Å². The highest BCUT2D eigenvalue weighted by Gasteiger charge is 2.29. The number of carbonyl (C=O) groups is 3. The Balaban J connectivity index is 1.31. The molecule has 1 unspecified atom stereocenters. The van der Waals surface area contributed by atoms with E-state index in [1.165, 1.54) is 34.3 Å². The lowest BCUT2D eigenvalue weighted by atomic mass is 9.97. The molecular weight excluding hydrogens is 366 g/mol. The fourth-order valence-electron chi connectivity index (χ4n) is 3.67. The summed E-state index contributed by atoms with van der Waals surface area (Å²) in [6, 6.07) is 3.53. The van der Waals surface area contributed by atoms with Gasteiger partial charge in [0.15, 0.2) is 0 Å². The summed E-state index contributed by atoms with van der Waals surface area (Å²) in [5, 5.41) is 0. The van der Waals surface area contributed by atoms with Crippen LogP contribution < -0.4 is 10.9 Å². The fraction of sp³-hybridized carbons (Fsp3) is 0.421. The van der Waals surface area contributed by atoms with E-state index in [2.05, 4.69) is 10.9 Å². The average molecular weight is 387 g/mol. The van der Waals surface area contributed by atoms with Gasteiger partial charge in [-0.15, -0.1) is 11.3 Å². The molecule has 142 valence electrons. The number of hydrogen-bond acceptors (Lipinski definition) is 5. The fourth-order valence-corrected chi connectivity index (χ4v) is 4.82. The van der Waals surface area contributed by atoms with Crippen molar-refractivity contribution in [2.45, 2.75) is 32.1 Å². The Labute approximate surface area is 160 Å². The molecule has 2 aliphatic rings. The normalized spacial score (nSPS) is 18.8. The number of aryl methyl sites for hydroxylation is 2. The molecule has 3 heterocycles. The predicted octanol–water partition coefficient (Wildman–Crippen LogP) is 2.14. The van der Waals surface area contributed by atoms with E-state index in [1.54, 1.807) is 11.0 Å². The van der Waals surface area contributed by atoms with Gasteiger partial charge in [-0.25, -0.2) is 0 Å². The first-order valence-corrected chi connectivity index (χ1v) is 9.96. The average Bonchev–Trinajstić information content (AvgIpc) is 3.42. The molecular formula is C19H21N3O4S. The van der Waals surface area contributed by atoms with E-state index in [0.29, 0.717) is 30.0 Å². The zero-order chi connectivity index (χ0) is 18.8. The largest absolute Gasteiger partial charge is 0.472 e. The second kappa shape index (κ2) is 7.56. The molecule has 27 heavy (non-hydrogen) atoms. The van der Waals surface area contributed by atoms with Crippen LogP contribution in [0.4, 0.5) is 0 Å². The molecule has 1 saturated heterocycles. The van der Waals surface area contributed by atoms with Gasteiger partial charge in [0.2, 0.25) is 5.91 Å². The Morgan fingerprint density at radius 2 is 2.07 bits per heavy atom. The van der Waals surface area contributed by atoms with Gasteiger partial charge < -0.3 is 9.32 Å². The molecule has 1 fully saturated rings. The summed E-state index contributed by atoms with van der Waals surface area (Å²) in [5.41, 5.74) is 6.76. The third kappa shape index (κ3) is 3.75. The molecule has 1 atom stereocenters. The maximum atomic E-state index is 12.4. The Bertz CT molecular complexity index is 837. The molecule has 2 N–H and O–H groups in total. The number of piperidine rings is 1. The smallest absolute Gasteiger partial charge is 0.279 e. The molecule has 1 aliphatic carbocycles. The number of rotatable bonds is 3. The monoisotopic (exact) mass is 387 g/mol. The highest BCUT2D eigenvalue weighted by molar-refractivity contribution is 7.14. The minimum Gasteiger partial charge on any atom is -0.472 e. The zero-order valence-electron chi connectivity index (χ0n) is 14.8. The number of nitrogens with zero attached hydrogens (tertiary/aromatic N) is 1. The van der Waals surface area contributed by atoms with Crippen LogP contribution in [0, 0.1) is 5.92 Å². The molecule has 0 aromatic carbocycles. The van der Waals surface area contributed by atoms with Crippen molar-refractivity contribution >= 4 is 29.1 Å². The van der Waals surface area contributed by atoms with E-state index < -0.39 is 0 Å². The van der Waals surface area contributed by atoms with Crippen molar-refractivity contribution in [3.63, 3.8) is 0 Å². The second-order valence-electron chi connectivity index (χ2n) is 6.96. The summed E-state index contributed by atoms with van der Waals surface area (Å²) in [6.45, 7) is 0.944. The maximum absolute atomic E-state index is 12.4. The van der Waals surface area contributed by atoms with Crippen molar-refractivity contribution in [2.75, 3.05) is 13.1 Å². The Morgan fingerprint density at radius 3 is 2.85 bits per heavy atom. The van der Waals surface area contributed by atoms with Gasteiger partial charge >= 0.3 is 0 Å². The molecule has 0 spiro atoms. The first-order chi connectivity index (χ1) is 13.1. The van der Waals surface area contributed by atoms with Gasteiger partial charge in [-0.2, -0.15) is 0 Å². The van der Waals surface area contributed by atoms with E-state index in [0.717, 1.165) is 25.7 Å². The summed E-state index contributed by atoms with van der Waals surface area (Å²) in [5.74, 6) is -1.04. The standard InChI is InChI=1S/C19H21N3O4S/c23-17(20-21-18(24)16-9-12-3-1-5-15(12)27-16)13-4-2-7-22(10-13)19(25)14-6-8-26-11-14/h6,8-9,11,13H,1-5,7,10H2,(H,20,23)(H,21,24). The number of amides is 3. The van der Waals surface area contributed by atoms with Gasteiger partial charge in [0, 0.05) is 18.0 Å². The summed E-state index contributed by atoms with van der Waals surface area (Å²) < 4.78 is 4.96. The van der Waals surface area contributed by atoms with Crippen LogP contribution in [0.3, 0.4) is 0 Å². The molecule has 8 heteroatoms. The summed E-state index contributed by atoms with van der Waals surface area (Å²) >= 11 is 1.50. The third-order valence-electron chi connectivity index (χ3n) is 5.12. The SMILES string of the molecule is O=C(NNC(=O)C1CCCN(C(=O)c2ccoc2)C1)c1cc2c(s1)CCC2. The molecule has 3 amide bonds. The highest BCUT2D eigenvalue weighted by Crippen LogP contribution is 2.30. The van der Waals surface area contributed by atoms with Gasteiger partial charge in [-0.3, -0.25) is 25.2 Å². The van der Waals surface area contributed by atoms with Crippen LogP contribution in [0.25, 0.3) is 0 Å². The van der Waals surface area contributed by atoms with Crippen molar-refractivity contribution in [2.24, 2.45) is 5.92 Å². The first kappa shape index (κ1) is 17.8. The van der Waals surface area contributed by atoms with E-state index in [4.69, 9.17) is 4.42 Å². The van der Waals surface area contributed by atoms with Crippen molar-refractivity contribution < 1.29 is 18.8 Å². The van der Waals surface area contributed by atoms with E-state index >= 15 is 0 Å². The highest BCUT2D eigenvalue weighted by atomic mass is 32.1. The number of thiophene rings is 1. The molecule has 2 aromatic heterocycles. The maximum Gasteiger partial charge on any atom is 0.279 e. The van der Waals surface area contributed by atoms with Crippen LogP contribution >= 0.6 is 11.3 Å². The number of nitrogens with one attached hydrogen (secondary N) is 2. The lowest BCUT2D eigenvalue weighted by Gasteiger charge is -2.31. The third-order valence-corrected chi connectivity index (χ3v) is 6.35. The Kier molecular flexibility index (Phi) is 4.98.